The van der Waals surface area contributed by atoms with Gasteiger partial charge >= 0.3 is 0 Å². The van der Waals surface area contributed by atoms with Crippen molar-refractivity contribution in [2.45, 2.75) is 27.1 Å². The third-order valence-electron chi connectivity index (χ3n) is 4.94. The van der Waals surface area contributed by atoms with Crippen molar-refractivity contribution in [2.24, 2.45) is 0 Å². The smallest absolute Gasteiger partial charge is 0.276 e. The molecule has 0 fully saturated rings. The minimum atomic E-state index is -0.309. The maximum absolute atomic E-state index is 12.6. The van der Waals surface area contributed by atoms with Crippen LogP contribution in [0, 0.1) is 13.8 Å². The average molecular weight is 431 g/mol. The number of hydrogen-bond donors (Lipinski definition) is 1. The Bertz CT molecular complexity index is 1230. The molecule has 0 spiro atoms. The lowest BCUT2D eigenvalue weighted by Crippen LogP contribution is -2.14. The van der Waals surface area contributed by atoms with Crippen LogP contribution in [-0.2, 0) is 13.3 Å². The van der Waals surface area contributed by atoms with Crippen molar-refractivity contribution in [3.63, 3.8) is 0 Å². The fourth-order valence-corrected chi connectivity index (χ4v) is 3.22. The summed E-state index contributed by atoms with van der Waals surface area (Å²) in [6, 6.07) is 15.5. The van der Waals surface area contributed by atoms with E-state index in [-0.39, 0.29) is 12.6 Å². The van der Waals surface area contributed by atoms with Crippen LogP contribution < -0.4 is 14.8 Å². The highest BCUT2D eigenvalue weighted by Gasteiger charge is 2.12. The van der Waals surface area contributed by atoms with Gasteiger partial charge in [0.05, 0.1) is 25.5 Å². The first-order valence-electron chi connectivity index (χ1n) is 10.2. The molecule has 0 bridgehead atoms. The quantitative estimate of drug-likeness (QED) is 0.455. The van der Waals surface area contributed by atoms with Gasteiger partial charge in [-0.25, -0.2) is 4.68 Å². The van der Waals surface area contributed by atoms with E-state index in [1.54, 1.807) is 41.1 Å². The number of rotatable bonds is 8. The first-order valence-corrected chi connectivity index (χ1v) is 10.2. The van der Waals surface area contributed by atoms with Gasteiger partial charge in [-0.15, -0.1) is 0 Å². The minimum Gasteiger partial charge on any atom is -0.497 e. The normalized spacial score (nSPS) is 10.7. The fourth-order valence-electron chi connectivity index (χ4n) is 3.22. The van der Waals surface area contributed by atoms with Gasteiger partial charge in [-0.3, -0.25) is 9.48 Å². The third-order valence-corrected chi connectivity index (χ3v) is 4.94. The topological polar surface area (TPSA) is 83.2 Å². The summed E-state index contributed by atoms with van der Waals surface area (Å²) in [5.41, 5.74) is 4.12. The second kappa shape index (κ2) is 9.38. The molecule has 32 heavy (non-hydrogen) atoms. The van der Waals surface area contributed by atoms with E-state index in [0.717, 1.165) is 28.2 Å². The van der Waals surface area contributed by atoms with Crippen molar-refractivity contribution in [2.75, 3.05) is 12.4 Å². The lowest BCUT2D eigenvalue weighted by Gasteiger charge is -2.09. The van der Waals surface area contributed by atoms with Gasteiger partial charge in [0, 0.05) is 12.4 Å². The molecular formula is C24H25N5O3. The lowest BCUT2D eigenvalue weighted by atomic mass is 10.1. The number of methoxy groups -OCH3 is 1. The van der Waals surface area contributed by atoms with Crippen LogP contribution in [0.2, 0.25) is 0 Å². The summed E-state index contributed by atoms with van der Waals surface area (Å²) in [7, 11) is 1.64. The number of hydrogen-bond acceptors (Lipinski definition) is 5. The number of anilines is 1. The molecule has 0 saturated heterocycles. The van der Waals surface area contributed by atoms with Crippen molar-refractivity contribution in [3.8, 4) is 11.5 Å². The van der Waals surface area contributed by atoms with Gasteiger partial charge in [0.1, 0.15) is 11.5 Å². The van der Waals surface area contributed by atoms with Crippen LogP contribution in [0.4, 0.5) is 5.69 Å². The molecule has 1 N–H and O–H groups in total. The summed E-state index contributed by atoms with van der Waals surface area (Å²) in [5.74, 6) is 1.28. The molecule has 2 aromatic carbocycles. The SMILES string of the molecule is COc1cccc(Cn2cc(NC(=O)c3ccn(COc4cc(C)ccc4C)n3)cn2)c1. The van der Waals surface area contributed by atoms with E-state index >= 15 is 0 Å². The maximum atomic E-state index is 12.6. The van der Waals surface area contributed by atoms with E-state index in [1.165, 1.54) is 0 Å². The predicted molar refractivity (Wildman–Crippen MR) is 121 cm³/mol. The Morgan fingerprint density at radius 1 is 1.09 bits per heavy atom. The van der Waals surface area contributed by atoms with Crippen LogP contribution in [0.1, 0.15) is 27.2 Å². The van der Waals surface area contributed by atoms with Gasteiger partial charge in [-0.1, -0.05) is 24.3 Å². The Labute approximate surface area is 186 Å². The number of amides is 1. The molecule has 4 rings (SSSR count). The molecule has 164 valence electrons. The van der Waals surface area contributed by atoms with E-state index in [9.17, 15) is 4.79 Å². The molecule has 0 unspecified atom stereocenters. The summed E-state index contributed by atoms with van der Waals surface area (Å²) in [6.07, 6.45) is 5.10. The van der Waals surface area contributed by atoms with Crippen LogP contribution in [-0.4, -0.2) is 32.6 Å². The fraction of sp³-hybridized carbons (Fsp3) is 0.208. The third kappa shape index (κ3) is 5.15. The molecule has 2 aromatic heterocycles. The van der Waals surface area contributed by atoms with Crippen molar-refractivity contribution >= 4 is 11.6 Å². The first kappa shape index (κ1) is 21.2. The van der Waals surface area contributed by atoms with Gasteiger partial charge < -0.3 is 14.8 Å². The van der Waals surface area contributed by atoms with Crippen LogP contribution >= 0.6 is 0 Å². The van der Waals surface area contributed by atoms with Gasteiger partial charge in [-0.2, -0.15) is 10.2 Å². The van der Waals surface area contributed by atoms with Crippen molar-refractivity contribution < 1.29 is 14.3 Å². The summed E-state index contributed by atoms with van der Waals surface area (Å²) in [5, 5.41) is 11.4. The zero-order valence-electron chi connectivity index (χ0n) is 18.3. The number of ether oxygens (including phenoxy) is 2. The standard InChI is InChI=1S/C24H25N5O3/c1-17-7-8-18(2)23(11-17)32-16-28-10-9-22(27-28)24(30)26-20-13-25-29(15-20)14-19-5-4-6-21(12-19)31-3/h4-13,15H,14,16H2,1-3H3,(H,26,30). The molecule has 0 atom stereocenters. The van der Waals surface area contributed by atoms with Crippen LogP contribution in [0.15, 0.2) is 67.1 Å². The van der Waals surface area contributed by atoms with E-state index in [1.807, 2.05) is 56.3 Å². The predicted octanol–water partition coefficient (Wildman–Crippen LogP) is 4.04. The number of nitrogens with zero attached hydrogens (tertiary/aromatic N) is 4. The Hall–Kier alpha value is -4.07. The van der Waals surface area contributed by atoms with Gasteiger partial charge in [0.15, 0.2) is 12.4 Å². The highest BCUT2D eigenvalue weighted by molar-refractivity contribution is 6.02. The molecular weight excluding hydrogens is 406 g/mol. The Morgan fingerprint density at radius 2 is 1.97 bits per heavy atom. The van der Waals surface area contributed by atoms with E-state index in [4.69, 9.17) is 9.47 Å². The summed E-state index contributed by atoms with van der Waals surface area (Å²) in [4.78, 5) is 12.6. The molecule has 0 aliphatic heterocycles. The number of aryl methyl sites for hydroxylation is 2. The Morgan fingerprint density at radius 3 is 2.81 bits per heavy atom. The van der Waals surface area contributed by atoms with Crippen LogP contribution in [0.25, 0.3) is 0 Å². The van der Waals surface area contributed by atoms with Crippen molar-refractivity contribution in [1.29, 1.82) is 0 Å². The number of benzene rings is 2. The summed E-state index contributed by atoms with van der Waals surface area (Å²) in [6.45, 7) is 4.79. The average Bonchev–Trinajstić information content (AvgIpc) is 3.44. The molecule has 8 nitrogen and oxygen atoms in total. The van der Waals surface area contributed by atoms with Gasteiger partial charge in [0.2, 0.25) is 0 Å². The largest absolute Gasteiger partial charge is 0.497 e. The second-order valence-electron chi connectivity index (χ2n) is 7.52. The Balaban J connectivity index is 1.34. The molecule has 4 aromatic rings. The number of carbonyl (C=O) groups is 1. The molecule has 8 heteroatoms. The summed E-state index contributed by atoms with van der Waals surface area (Å²) >= 11 is 0. The molecule has 1 amide bonds. The molecule has 2 heterocycles. The second-order valence-corrected chi connectivity index (χ2v) is 7.52. The number of carbonyl (C=O) groups excluding carboxylic acids is 1. The monoisotopic (exact) mass is 431 g/mol. The first-order chi connectivity index (χ1) is 15.5. The van der Waals surface area contributed by atoms with Crippen LogP contribution in [0.5, 0.6) is 11.5 Å². The van der Waals surface area contributed by atoms with Gasteiger partial charge in [-0.05, 0) is 54.8 Å². The zero-order valence-corrected chi connectivity index (χ0v) is 18.3. The van der Waals surface area contributed by atoms with E-state index in [0.29, 0.717) is 17.9 Å². The van der Waals surface area contributed by atoms with Crippen molar-refractivity contribution in [3.05, 3.63) is 89.5 Å². The maximum Gasteiger partial charge on any atom is 0.276 e. The zero-order chi connectivity index (χ0) is 22.5. The van der Waals surface area contributed by atoms with Gasteiger partial charge in [0.25, 0.3) is 5.91 Å². The van der Waals surface area contributed by atoms with E-state index in [2.05, 4.69) is 15.5 Å². The lowest BCUT2D eigenvalue weighted by molar-refractivity contribution is 0.102. The molecule has 0 aliphatic rings. The number of aromatic nitrogens is 4. The Kier molecular flexibility index (Phi) is 6.21. The summed E-state index contributed by atoms with van der Waals surface area (Å²) < 4.78 is 14.4. The van der Waals surface area contributed by atoms with Crippen molar-refractivity contribution in [1.82, 2.24) is 19.6 Å². The van der Waals surface area contributed by atoms with Crippen LogP contribution in [0.3, 0.4) is 0 Å². The minimum absolute atomic E-state index is 0.218. The highest BCUT2D eigenvalue weighted by Crippen LogP contribution is 2.19. The molecule has 0 aliphatic carbocycles. The molecule has 0 radical (unpaired) electrons. The molecule has 0 saturated carbocycles. The number of nitrogens with one attached hydrogen (secondary N) is 1. The van der Waals surface area contributed by atoms with E-state index < -0.39 is 0 Å². The highest BCUT2D eigenvalue weighted by atomic mass is 16.5.